The summed E-state index contributed by atoms with van der Waals surface area (Å²) in [6.45, 7) is 4.08. The molecule has 0 aliphatic carbocycles. The summed E-state index contributed by atoms with van der Waals surface area (Å²) in [4.78, 5) is 35.7. The first-order chi connectivity index (χ1) is 21.6. The van der Waals surface area contributed by atoms with Gasteiger partial charge in [0.15, 0.2) is 11.0 Å². The topological polar surface area (TPSA) is 89.7 Å². The molecular formula is C33H32F3N5O3S. The van der Waals surface area contributed by atoms with Gasteiger partial charge in [-0.1, -0.05) is 61.5 Å². The Kier molecular flexibility index (Phi) is 10.0. The number of carbonyl (C=O) groups excluding carboxylic acids is 2. The van der Waals surface area contributed by atoms with Crippen molar-refractivity contribution in [2.45, 2.75) is 58.7 Å². The van der Waals surface area contributed by atoms with E-state index in [-0.39, 0.29) is 23.3 Å². The number of rotatable bonds is 11. The predicted molar refractivity (Wildman–Crippen MR) is 169 cm³/mol. The average molecular weight is 636 g/mol. The second-order valence-electron chi connectivity index (χ2n) is 10.6. The van der Waals surface area contributed by atoms with Crippen LogP contribution in [0.15, 0.2) is 78.0 Å². The summed E-state index contributed by atoms with van der Waals surface area (Å²) >= 11 is 1.30. The van der Waals surface area contributed by atoms with Crippen molar-refractivity contribution in [1.29, 1.82) is 0 Å². The van der Waals surface area contributed by atoms with Gasteiger partial charge >= 0.3 is 6.36 Å². The minimum absolute atomic E-state index is 0.0615. The summed E-state index contributed by atoms with van der Waals surface area (Å²) in [5, 5.41) is 4.89. The van der Waals surface area contributed by atoms with Crippen molar-refractivity contribution in [1.82, 2.24) is 14.8 Å². The van der Waals surface area contributed by atoms with Crippen LogP contribution in [0.4, 0.5) is 18.9 Å². The first-order valence-electron chi connectivity index (χ1n) is 14.6. The Morgan fingerprint density at radius 3 is 2.49 bits per heavy atom. The number of halogens is 3. The molecule has 1 saturated heterocycles. The Labute approximate surface area is 263 Å². The molecule has 1 aliphatic rings. The molecule has 1 aliphatic heterocycles. The summed E-state index contributed by atoms with van der Waals surface area (Å²) in [7, 11) is 0. The van der Waals surface area contributed by atoms with Crippen molar-refractivity contribution in [3.05, 3.63) is 89.7 Å². The van der Waals surface area contributed by atoms with Crippen LogP contribution in [0.1, 0.15) is 49.3 Å². The highest BCUT2D eigenvalue weighted by Crippen LogP contribution is 2.31. The Balaban J connectivity index is 1.13. The van der Waals surface area contributed by atoms with Gasteiger partial charge in [0.05, 0.1) is 17.1 Å². The molecular weight excluding hydrogens is 603 g/mol. The lowest BCUT2D eigenvalue weighted by molar-refractivity contribution is -0.274. The molecule has 0 spiro atoms. The highest BCUT2D eigenvalue weighted by atomic mass is 32.2. The first-order valence-corrected chi connectivity index (χ1v) is 15.6. The standard InChI is InChI=1S/C33H32F3N5O3S/c1-3-6-24-12-9-22(2)19-28(24)41-30(43)20-45-32(41)38-29(42)8-5-4-7-23-10-13-25(14-11-23)31-37-21-40(39-31)26-15-17-27(18-16-26)44-33(34,35)36/h9-19,21H,3-8,20H2,1-2H3. The lowest BCUT2D eigenvalue weighted by atomic mass is 10.0. The van der Waals surface area contributed by atoms with Gasteiger partial charge in [0, 0.05) is 12.0 Å². The van der Waals surface area contributed by atoms with E-state index < -0.39 is 6.36 Å². The van der Waals surface area contributed by atoms with Crippen LogP contribution in [-0.4, -0.2) is 43.9 Å². The third-order valence-electron chi connectivity index (χ3n) is 7.13. The lowest BCUT2D eigenvalue weighted by Crippen LogP contribution is -2.31. The van der Waals surface area contributed by atoms with Gasteiger partial charge in [0.2, 0.25) is 11.8 Å². The summed E-state index contributed by atoms with van der Waals surface area (Å²) in [5.74, 6) is 0.141. The van der Waals surface area contributed by atoms with Gasteiger partial charge in [0.25, 0.3) is 0 Å². The van der Waals surface area contributed by atoms with Crippen molar-refractivity contribution < 1.29 is 27.5 Å². The fourth-order valence-corrected chi connectivity index (χ4v) is 5.83. The maximum absolute atomic E-state index is 12.8. The summed E-state index contributed by atoms with van der Waals surface area (Å²) in [6.07, 6.45) is 1.07. The highest BCUT2D eigenvalue weighted by Gasteiger charge is 2.32. The maximum atomic E-state index is 12.8. The molecule has 0 unspecified atom stereocenters. The number of hydrogen-bond donors (Lipinski definition) is 0. The van der Waals surface area contributed by atoms with Crippen molar-refractivity contribution in [2.24, 2.45) is 4.99 Å². The number of hydrogen-bond acceptors (Lipinski definition) is 6. The molecule has 2 amide bonds. The third-order valence-corrected chi connectivity index (χ3v) is 8.06. The smallest absolute Gasteiger partial charge is 0.406 e. The molecule has 234 valence electrons. The van der Waals surface area contributed by atoms with E-state index in [1.165, 1.54) is 47.0 Å². The van der Waals surface area contributed by atoms with Crippen molar-refractivity contribution in [2.75, 3.05) is 10.7 Å². The monoisotopic (exact) mass is 635 g/mol. The molecule has 0 N–H and O–H groups in total. The van der Waals surface area contributed by atoms with E-state index in [0.717, 1.165) is 53.6 Å². The normalized spacial score (nSPS) is 14.4. The number of alkyl halides is 3. The number of carbonyl (C=O) groups is 2. The SMILES string of the molecule is CCCc1ccc(C)cc1N1C(=O)CSC1=NC(=O)CCCCc1ccc(-c2ncn(-c3ccc(OC(F)(F)F)cc3)n2)cc1. The van der Waals surface area contributed by atoms with E-state index in [1.807, 2.05) is 49.4 Å². The fraction of sp³-hybridized carbons (Fsp3) is 0.303. The number of thioether (sulfide) groups is 1. The molecule has 1 aromatic heterocycles. The molecule has 0 bridgehead atoms. The fourth-order valence-electron chi connectivity index (χ4n) is 4.95. The summed E-state index contributed by atoms with van der Waals surface area (Å²) in [6, 6.07) is 19.2. The molecule has 12 heteroatoms. The summed E-state index contributed by atoms with van der Waals surface area (Å²) < 4.78 is 42.6. The Bertz CT molecular complexity index is 1690. The van der Waals surface area contributed by atoms with E-state index in [2.05, 4.69) is 26.7 Å². The van der Waals surface area contributed by atoms with Crippen LogP contribution in [0.2, 0.25) is 0 Å². The average Bonchev–Trinajstić information content (AvgIpc) is 3.63. The quantitative estimate of drug-likeness (QED) is 0.159. The molecule has 45 heavy (non-hydrogen) atoms. The minimum Gasteiger partial charge on any atom is -0.406 e. The van der Waals surface area contributed by atoms with Gasteiger partial charge in [0.1, 0.15) is 12.1 Å². The Morgan fingerprint density at radius 2 is 1.78 bits per heavy atom. The van der Waals surface area contributed by atoms with E-state index in [1.54, 1.807) is 4.90 Å². The summed E-state index contributed by atoms with van der Waals surface area (Å²) in [5.41, 5.74) is 5.38. The van der Waals surface area contributed by atoms with Crippen LogP contribution < -0.4 is 9.64 Å². The minimum atomic E-state index is -4.75. The number of aryl methyl sites for hydroxylation is 3. The van der Waals surface area contributed by atoms with E-state index >= 15 is 0 Å². The Morgan fingerprint density at radius 1 is 1.02 bits per heavy atom. The number of aliphatic imine (C=N–C) groups is 1. The molecule has 0 radical (unpaired) electrons. The maximum Gasteiger partial charge on any atom is 0.573 e. The van der Waals surface area contributed by atoms with Crippen molar-refractivity contribution in [3.63, 3.8) is 0 Å². The number of amides is 2. The molecule has 5 rings (SSSR count). The van der Waals surface area contributed by atoms with Gasteiger partial charge < -0.3 is 4.74 Å². The number of anilines is 1. The second-order valence-corrected chi connectivity index (χ2v) is 11.6. The van der Waals surface area contributed by atoms with E-state index in [0.29, 0.717) is 29.5 Å². The predicted octanol–water partition coefficient (Wildman–Crippen LogP) is 7.47. The largest absolute Gasteiger partial charge is 0.573 e. The first kappa shape index (κ1) is 32.0. The number of aromatic nitrogens is 3. The number of unbranched alkanes of at least 4 members (excludes halogenated alkanes) is 1. The number of ether oxygens (including phenoxy) is 1. The zero-order chi connectivity index (χ0) is 32.0. The van der Waals surface area contributed by atoms with Crippen LogP contribution in [0.3, 0.4) is 0 Å². The molecule has 0 atom stereocenters. The van der Waals surface area contributed by atoms with Crippen LogP contribution in [0.25, 0.3) is 17.1 Å². The van der Waals surface area contributed by atoms with Crippen molar-refractivity contribution >= 4 is 34.4 Å². The molecule has 1 fully saturated rings. The van der Waals surface area contributed by atoms with Crippen LogP contribution in [0, 0.1) is 6.92 Å². The highest BCUT2D eigenvalue weighted by molar-refractivity contribution is 8.15. The van der Waals surface area contributed by atoms with E-state index in [4.69, 9.17) is 0 Å². The Hall–Kier alpha value is -4.45. The van der Waals surface area contributed by atoms with Gasteiger partial charge in [-0.05, 0) is 79.6 Å². The van der Waals surface area contributed by atoms with Gasteiger partial charge in [-0.2, -0.15) is 4.99 Å². The number of benzene rings is 3. The van der Waals surface area contributed by atoms with Gasteiger partial charge in [-0.25, -0.2) is 9.67 Å². The van der Waals surface area contributed by atoms with Crippen LogP contribution in [0.5, 0.6) is 5.75 Å². The van der Waals surface area contributed by atoms with E-state index in [9.17, 15) is 22.8 Å². The lowest BCUT2D eigenvalue weighted by Gasteiger charge is -2.20. The van der Waals surface area contributed by atoms with Crippen LogP contribution >= 0.6 is 11.8 Å². The zero-order valence-corrected chi connectivity index (χ0v) is 25.7. The zero-order valence-electron chi connectivity index (χ0n) is 24.9. The number of amidine groups is 1. The van der Waals surface area contributed by atoms with Crippen molar-refractivity contribution in [3.8, 4) is 22.8 Å². The van der Waals surface area contributed by atoms with Gasteiger partial charge in [-0.3, -0.25) is 14.5 Å². The molecule has 2 heterocycles. The van der Waals surface area contributed by atoms with Crippen LogP contribution in [-0.2, 0) is 22.4 Å². The number of nitrogens with zero attached hydrogens (tertiary/aromatic N) is 5. The second kappa shape index (κ2) is 14.1. The molecule has 3 aromatic carbocycles. The molecule has 8 nitrogen and oxygen atoms in total. The third kappa shape index (κ3) is 8.39. The molecule has 4 aromatic rings. The molecule has 0 saturated carbocycles. The van der Waals surface area contributed by atoms with Gasteiger partial charge in [-0.15, -0.1) is 18.3 Å².